The van der Waals surface area contributed by atoms with Gasteiger partial charge in [-0.1, -0.05) is 0 Å². The van der Waals surface area contributed by atoms with Crippen LogP contribution in [0.15, 0.2) is 30.3 Å². The van der Waals surface area contributed by atoms with Gasteiger partial charge in [-0.3, -0.25) is 14.4 Å². The topological polar surface area (TPSA) is 77.4 Å². The molecule has 28 heavy (non-hydrogen) atoms. The maximum absolute atomic E-state index is 12.5. The highest BCUT2D eigenvalue weighted by atomic mass is 19.4. The van der Waals surface area contributed by atoms with Gasteiger partial charge < -0.3 is 14.6 Å². The fourth-order valence-electron chi connectivity index (χ4n) is 2.48. The van der Waals surface area contributed by atoms with Crippen LogP contribution in [0.4, 0.5) is 13.2 Å². The normalized spacial score (nSPS) is 11.2. The second-order valence-corrected chi connectivity index (χ2v) is 6.19. The minimum absolute atomic E-state index is 0.0349. The summed E-state index contributed by atoms with van der Waals surface area (Å²) in [6.07, 6.45) is -4.50. The van der Waals surface area contributed by atoms with Gasteiger partial charge in [0.25, 0.3) is 5.91 Å². The molecule has 0 fully saturated rings. The van der Waals surface area contributed by atoms with E-state index in [0.29, 0.717) is 5.56 Å². The Labute approximate surface area is 159 Å². The van der Waals surface area contributed by atoms with E-state index in [-0.39, 0.29) is 11.3 Å². The molecule has 1 N–H and O–H groups in total. The zero-order chi connectivity index (χ0) is 21.1. The maximum atomic E-state index is 12.5. The molecule has 150 valence electrons. The van der Waals surface area contributed by atoms with Gasteiger partial charge in [-0.25, -0.2) is 0 Å². The highest BCUT2D eigenvalue weighted by molar-refractivity contribution is 6.00. The summed E-state index contributed by atoms with van der Waals surface area (Å²) in [4.78, 5) is 35.7. The molecule has 0 bridgehead atoms. The fourth-order valence-corrected chi connectivity index (χ4v) is 2.48. The van der Waals surface area contributed by atoms with Gasteiger partial charge >= 0.3 is 12.1 Å². The second-order valence-electron chi connectivity index (χ2n) is 6.19. The smallest absolute Gasteiger partial charge is 0.416 e. The molecular formula is C19H19F3N2O4. The standard InChI is InChI=1S/C19H19F3N2O4/c1-11-8-15(12(2)24(11)3)16(25)10-28-17(26)9-23-18(27)13-4-6-14(7-5-13)19(20,21)22/h4-8H,9-10H2,1-3H3,(H,23,27). The van der Waals surface area contributed by atoms with Crippen molar-refractivity contribution in [2.75, 3.05) is 13.2 Å². The third kappa shape index (κ3) is 4.99. The molecule has 0 unspecified atom stereocenters. The number of alkyl halides is 3. The number of hydrogen-bond acceptors (Lipinski definition) is 4. The van der Waals surface area contributed by atoms with Crippen molar-refractivity contribution < 1.29 is 32.3 Å². The molecule has 6 nitrogen and oxygen atoms in total. The van der Waals surface area contributed by atoms with E-state index in [9.17, 15) is 27.6 Å². The van der Waals surface area contributed by atoms with Gasteiger partial charge in [-0.2, -0.15) is 13.2 Å². The SMILES string of the molecule is Cc1cc(C(=O)COC(=O)CNC(=O)c2ccc(C(F)(F)F)cc2)c(C)n1C. The molecular weight excluding hydrogens is 377 g/mol. The molecule has 0 aliphatic heterocycles. The van der Waals surface area contributed by atoms with Gasteiger partial charge in [0, 0.05) is 29.6 Å². The van der Waals surface area contributed by atoms with Crippen molar-refractivity contribution in [3.05, 3.63) is 58.4 Å². The molecule has 1 heterocycles. The van der Waals surface area contributed by atoms with E-state index in [4.69, 9.17) is 4.74 Å². The Kier molecular flexibility index (Phi) is 6.27. The van der Waals surface area contributed by atoms with Gasteiger partial charge in [0.05, 0.1) is 5.56 Å². The van der Waals surface area contributed by atoms with Crippen LogP contribution in [0.5, 0.6) is 0 Å². The van der Waals surface area contributed by atoms with Crippen molar-refractivity contribution in [2.24, 2.45) is 7.05 Å². The monoisotopic (exact) mass is 396 g/mol. The minimum Gasteiger partial charge on any atom is -0.456 e. The number of nitrogens with one attached hydrogen (secondary N) is 1. The Balaban J connectivity index is 1.84. The number of amides is 1. The van der Waals surface area contributed by atoms with E-state index >= 15 is 0 Å². The lowest BCUT2D eigenvalue weighted by Crippen LogP contribution is -2.31. The summed E-state index contributed by atoms with van der Waals surface area (Å²) >= 11 is 0. The number of carbonyl (C=O) groups is 3. The first-order chi connectivity index (χ1) is 13.0. The molecule has 0 saturated carbocycles. The van der Waals surface area contributed by atoms with Crippen LogP contribution in [0.25, 0.3) is 0 Å². The largest absolute Gasteiger partial charge is 0.456 e. The second kappa shape index (κ2) is 8.28. The molecule has 0 aliphatic carbocycles. The molecule has 0 radical (unpaired) electrons. The number of Topliss-reactive ketones (excluding diaryl/α,β-unsaturated/α-hetero) is 1. The van der Waals surface area contributed by atoms with E-state index in [2.05, 4.69) is 5.32 Å². The van der Waals surface area contributed by atoms with E-state index in [0.717, 1.165) is 35.7 Å². The molecule has 0 saturated heterocycles. The first-order valence-electron chi connectivity index (χ1n) is 8.28. The molecule has 1 amide bonds. The number of carbonyl (C=O) groups excluding carboxylic acids is 3. The maximum Gasteiger partial charge on any atom is 0.416 e. The van der Waals surface area contributed by atoms with E-state index < -0.39 is 36.8 Å². The molecule has 1 aromatic carbocycles. The van der Waals surface area contributed by atoms with Crippen LogP contribution in [-0.4, -0.2) is 35.4 Å². The summed E-state index contributed by atoms with van der Waals surface area (Å²) < 4.78 is 44.2. The quantitative estimate of drug-likeness (QED) is 0.602. The van der Waals surface area contributed by atoms with Crippen LogP contribution in [0, 0.1) is 13.8 Å². The average molecular weight is 396 g/mol. The van der Waals surface area contributed by atoms with E-state index in [1.54, 1.807) is 13.0 Å². The summed E-state index contributed by atoms with van der Waals surface area (Å²) in [6, 6.07) is 5.26. The van der Waals surface area contributed by atoms with Crippen LogP contribution in [0.3, 0.4) is 0 Å². The Bertz CT molecular complexity index is 899. The first kappa shape index (κ1) is 21.2. The van der Waals surface area contributed by atoms with Gasteiger partial charge in [-0.15, -0.1) is 0 Å². The van der Waals surface area contributed by atoms with Crippen LogP contribution in [-0.2, 0) is 22.8 Å². The number of ether oxygens (including phenoxy) is 1. The van der Waals surface area contributed by atoms with Crippen molar-refractivity contribution in [2.45, 2.75) is 20.0 Å². The number of ketones is 1. The third-order valence-corrected chi connectivity index (χ3v) is 4.31. The summed E-state index contributed by atoms with van der Waals surface area (Å²) in [7, 11) is 1.81. The molecule has 2 rings (SSSR count). The van der Waals surface area contributed by atoms with Crippen molar-refractivity contribution in [1.82, 2.24) is 9.88 Å². The number of esters is 1. The summed E-state index contributed by atoms with van der Waals surface area (Å²) in [5.41, 5.74) is 1.16. The van der Waals surface area contributed by atoms with Crippen molar-refractivity contribution in [1.29, 1.82) is 0 Å². The summed E-state index contributed by atoms with van der Waals surface area (Å²) in [5, 5.41) is 2.23. The number of benzene rings is 1. The van der Waals surface area contributed by atoms with Crippen LogP contribution in [0.2, 0.25) is 0 Å². The van der Waals surface area contributed by atoms with Crippen LogP contribution in [0.1, 0.15) is 37.7 Å². The van der Waals surface area contributed by atoms with Crippen LogP contribution < -0.4 is 5.32 Å². The molecule has 1 aromatic heterocycles. The minimum atomic E-state index is -4.50. The summed E-state index contributed by atoms with van der Waals surface area (Å²) in [5.74, 6) is -1.94. The van der Waals surface area contributed by atoms with Gasteiger partial charge in [0.2, 0.25) is 5.78 Å². The van der Waals surface area contributed by atoms with E-state index in [1.165, 1.54) is 0 Å². The first-order valence-corrected chi connectivity index (χ1v) is 8.28. The Morgan fingerprint density at radius 1 is 1.11 bits per heavy atom. The number of hydrogen-bond donors (Lipinski definition) is 1. The molecule has 9 heteroatoms. The van der Waals surface area contributed by atoms with Gasteiger partial charge in [-0.05, 0) is 44.2 Å². The Morgan fingerprint density at radius 2 is 1.71 bits per heavy atom. The predicted molar refractivity (Wildman–Crippen MR) is 94.0 cm³/mol. The van der Waals surface area contributed by atoms with Gasteiger partial charge in [0.15, 0.2) is 6.61 Å². The number of aromatic nitrogens is 1. The zero-order valence-electron chi connectivity index (χ0n) is 15.5. The van der Waals surface area contributed by atoms with E-state index in [1.807, 2.05) is 18.5 Å². The lowest BCUT2D eigenvalue weighted by Gasteiger charge is -2.08. The third-order valence-electron chi connectivity index (χ3n) is 4.31. The van der Waals surface area contributed by atoms with Crippen molar-refractivity contribution in [3.63, 3.8) is 0 Å². The lowest BCUT2D eigenvalue weighted by molar-refractivity contribution is -0.141. The number of halogens is 3. The predicted octanol–water partition coefficient (Wildman–Crippen LogP) is 2.82. The van der Waals surface area contributed by atoms with Crippen LogP contribution >= 0.6 is 0 Å². The molecule has 0 aliphatic rings. The fraction of sp³-hybridized carbons (Fsp3) is 0.316. The number of rotatable bonds is 6. The Hall–Kier alpha value is -3.10. The zero-order valence-corrected chi connectivity index (χ0v) is 15.5. The summed E-state index contributed by atoms with van der Waals surface area (Å²) in [6.45, 7) is 2.62. The highest BCUT2D eigenvalue weighted by Gasteiger charge is 2.30. The molecule has 2 aromatic rings. The highest BCUT2D eigenvalue weighted by Crippen LogP contribution is 2.29. The molecule has 0 atom stereocenters. The van der Waals surface area contributed by atoms with Gasteiger partial charge in [0.1, 0.15) is 6.54 Å². The average Bonchev–Trinajstić information content (AvgIpc) is 2.91. The number of nitrogens with zero attached hydrogens (tertiary/aromatic N) is 1. The lowest BCUT2D eigenvalue weighted by atomic mass is 10.1. The Morgan fingerprint density at radius 3 is 2.21 bits per heavy atom. The molecule has 0 spiro atoms. The van der Waals surface area contributed by atoms with Crippen molar-refractivity contribution in [3.8, 4) is 0 Å². The van der Waals surface area contributed by atoms with Crippen molar-refractivity contribution >= 4 is 17.7 Å². The number of aryl methyl sites for hydroxylation is 1.